The topological polar surface area (TPSA) is 84.3 Å². The lowest BCUT2D eigenvalue weighted by Gasteiger charge is -2.21. The second kappa shape index (κ2) is 9.69. The standard InChI is InChI=1S/C26H23F3N2O4/c1-14-9-22(32)24(18(12-23(33)35-2)16-10-19(27)25(29)20(28)11-16)26(34)31(14)8-7-15-13-30-21-6-4-3-5-17(15)21/h3-6,9-11,13,18,30,32H,7-8,12H2,1-2H3/t18-/m0/s1. The minimum atomic E-state index is -1.67. The van der Waals surface area contributed by atoms with Gasteiger partial charge in [-0.2, -0.15) is 0 Å². The molecule has 0 aliphatic carbocycles. The summed E-state index contributed by atoms with van der Waals surface area (Å²) < 4.78 is 47.7. The van der Waals surface area contributed by atoms with Gasteiger partial charge in [-0.15, -0.1) is 0 Å². The number of carbonyl (C=O) groups excluding carboxylic acids is 1. The Hall–Kier alpha value is -4.01. The molecule has 9 heteroatoms. The molecule has 2 N–H and O–H groups in total. The van der Waals surface area contributed by atoms with E-state index in [4.69, 9.17) is 0 Å². The number of pyridine rings is 1. The van der Waals surface area contributed by atoms with Crippen LogP contribution >= 0.6 is 0 Å². The number of ether oxygens (including phenoxy) is 1. The zero-order valence-electron chi connectivity index (χ0n) is 19.1. The van der Waals surface area contributed by atoms with Gasteiger partial charge >= 0.3 is 5.97 Å². The summed E-state index contributed by atoms with van der Waals surface area (Å²) in [4.78, 5) is 28.8. The molecule has 2 aromatic heterocycles. The van der Waals surface area contributed by atoms with Crippen molar-refractivity contribution in [3.63, 3.8) is 0 Å². The van der Waals surface area contributed by atoms with E-state index >= 15 is 0 Å². The van der Waals surface area contributed by atoms with Crippen LogP contribution in [0.25, 0.3) is 10.9 Å². The Balaban J connectivity index is 1.78. The maximum absolute atomic E-state index is 14.0. The highest BCUT2D eigenvalue weighted by molar-refractivity contribution is 5.83. The van der Waals surface area contributed by atoms with Crippen molar-refractivity contribution in [3.05, 3.63) is 98.9 Å². The Morgan fingerprint density at radius 2 is 1.83 bits per heavy atom. The summed E-state index contributed by atoms with van der Waals surface area (Å²) in [6.45, 7) is 1.89. The number of fused-ring (bicyclic) bond motifs is 1. The summed E-state index contributed by atoms with van der Waals surface area (Å²) in [5.74, 6) is -7.09. The van der Waals surface area contributed by atoms with Crippen LogP contribution in [0.15, 0.2) is 53.5 Å². The summed E-state index contributed by atoms with van der Waals surface area (Å²) >= 11 is 0. The van der Waals surface area contributed by atoms with E-state index in [0.717, 1.165) is 23.6 Å². The monoisotopic (exact) mass is 484 g/mol. The van der Waals surface area contributed by atoms with E-state index in [1.807, 2.05) is 30.5 Å². The first-order valence-electron chi connectivity index (χ1n) is 10.9. The first kappa shape index (κ1) is 24.1. The summed E-state index contributed by atoms with van der Waals surface area (Å²) in [5.41, 5.74) is 1.37. The van der Waals surface area contributed by atoms with Crippen molar-refractivity contribution >= 4 is 16.9 Å². The van der Waals surface area contributed by atoms with Crippen molar-refractivity contribution in [3.8, 4) is 5.75 Å². The molecule has 1 atom stereocenters. The maximum Gasteiger partial charge on any atom is 0.306 e. The molecule has 0 saturated carbocycles. The molecule has 4 rings (SSSR count). The predicted molar refractivity (Wildman–Crippen MR) is 124 cm³/mol. The summed E-state index contributed by atoms with van der Waals surface area (Å²) in [5, 5.41) is 11.7. The number of benzene rings is 2. The zero-order valence-corrected chi connectivity index (χ0v) is 19.1. The molecule has 2 aromatic carbocycles. The minimum Gasteiger partial charge on any atom is -0.507 e. The largest absolute Gasteiger partial charge is 0.507 e. The van der Waals surface area contributed by atoms with E-state index in [2.05, 4.69) is 9.72 Å². The van der Waals surface area contributed by atoms with E-state index in [9.17, 15) is 27.9 Å². The number of aromatic hydroxyl groups is 1. The number of halogens is 3. The molecule has 0 bridgehead atoms. The van der Waals surface area contributed by atoms with Crippen LogP contribution in [0.4, 0.5) is 13.2 Å². The molecule has 0 saturated heterocycles. The molecule has 0 spiro atoms. The van der Waals surface area contributed by atoms with Crippen molar-refractivity contribution in [2.24, 2.45) is 0 Å². The third kappa shape index (κ3) is 4.66. The van der Waals surface area contributed by atoms with Gasteiger partial charge in [0.05, 0.1) is 19.1 Å². The van der Waals surface area contributed by atoms with Gasteiger partial charge in [0.25, 0.3) is 5.56 Å². The number of H-pyrrole nitrogens is 1. The molecule has 0 fully saturated rings. The molecule has 0 amide bonds. The van der Waals surface area contributed by atoms with Crippen LogP contribution in [0.5, 0.6) is 5.75 Å². The normalized spacial score (nSPS) is 12.1. The molecular formula is C26H23F3N2O4. The molecular weight excluding hydrogens is 461 g/mol. The highest BCUT2D eigenvalue weighted by Crippen LogP contribution is 2.34. The molecule has 4 aromatic rings. The lowest BCUT2D eigenvalue weighted by Crippen LogP contribution is -2.29. The molecule has 0 radical (unpaired) electrons. The fourth-order valence-corrected chi connectivity index (χ4v) is 4.36. The summed E-state index contributed by atoms with van der Waals surface area (Å²) in [6.07, 6.45) is 1.85. The van der Waals surface area contributed by atoms with Gasteiger partial charge < -0.3 is 19.4 Å². The summed E-state index contributed by atoms with van der Waals surface area (Å²) in [6, 6.07) is 10.5. The van der Waals surface area contributed by atoms with Crippen LogP contribution in [0.1, 0.15) is 34.7 Å². The van der Waals surface area contributed by atoms with Gasteiger partial charge in [0.2, 0.25) is 0 Å². The molecule has 0 aliphatic rings. The number of nitrogens with zero attached hydrogens (tertiary/aromatic N) is 1. The maximum atomic E-state index is 14.0. The summed E-state index contributed by atoms with van der Waals surface area (Å²) in [7, 11) is 1.12. The number of aryl methyl sites for hydroxylation is 2. The van der Waals surface area contributed by atoms with Gasteiger partial charge in [0.1, 0.15) is 5.75 Å². The molecule has 6 nitrogen and oxygen atoms in total. The van der Waals surface area contributed by atoms with E-state index in [1.54, 1.807) is 6.92 Å². The van der Waals surface area contributed by atoms with Gasteiger partial charge in [-0.05, 0) is 48.7 Å². The molecule has 0 aliphatic heterocycles. The van der Waals surface area contributed by atoms with Crippen molar-refractivity contribution in [2.75, 3.05) is 7.11 Å². The number of aromatic nitrogens is 2. The highest BCUT2D eigenvalue weighted by atomic mass is 19.2. The molecule has 0 unspecified atom stereocenters. The number of aromatic amines is 1. The number of para-hydroxylation sites is 1. The third-order valence-corrected chi connectivity index (χ3v) is 6.16. The number of methoxy groups -OCH3 is 1. The molecule has 182 valence electrons. The van der Waals surface area contributed by atoms with Crippen molar-refractivity contribution < 1.29 is 27.8 Å². The van der Waals surface area contributed by atoms with Gasteiger partial charge in [-0.25, -0.2) is 13.2 Å². The van der Waals surface area contributed by atoms with Crippen LogP contribution in [0.3, 0.4) is 0 Å². The van der Waals surface area contributed by atoms with Crippen LogP contribution in [-0.2, 0) is 22.5 Å². The van der Waals surface area contributed by atoms with Crippen molar-refractivity contribution in [1.82, 2.24) is 9.55 Å². The SMILES string of the molecule is COC(=O)C[C@@H](c1cc(F)c(F)c(F)c1)c1c(O)cc(C)n(CCc2c[nH]c3ccccc23)c1=O. The smallest absolute Gasteiger partial charge is 0.306 e. The third-order valence-electron chi connectivity index (χ3n) is 6.16. The van der Waals surface area contributed by atoms with Crippen LogP contribution in [-0.4, -0.2) is 27.7 Å². The lowest BCUT2D eigenvalue weighted by atomic mass is 9.88. The van der Waals surface area contributed by atoms with E-state index < -0.39 is 47.1 Å². The second-order valence-electron chi connectivity index (χ2n) is 8.28. The first-order chi connectivity index (χ1) is 16.7. The van der Waals surface area contributed by atoms with Crippen molar-refractivity contribution in [2.45, 2.75) is 32.2 Å². The zero-order chi connectivity index (χ0) is 25.3. The highest BCUT2D eigenvalue weighted by Gasteiger charge is 2.28. The number of esters is 1. The van der Waals surface area contributed by atoms with Crippen LogP contribution in [0, 0.1) is 24.4 Å². The number of hydrogen-bond acceptors (Lipinski definition) is 4. The Morgan fingerprint density at radius 3 is 2.51 bits per heavy atom. The Labute approximate surface area is 198 Å². The lowest BCUT2D eigenvalue weighted by molar-refractivity contribution is -0.140. The Kier molecular flexibility index (Phi) is 6.68. The van der Waals surface area contributed by atoms with Crippen LogP contribution in [0.2, 0.25) is 0 Å². The first-order valence-corrected chi connectivity index (χ1v) is 10.9. The number of hydrogen-bond donors (Lipinski definition) is 2. The van der Waals surface area contributed by atoms with Gasteiger partial charge in [0.15, 0.2) is 17.5 Å². The average Bonchev–Trinajstić information content (AvgIpc) is 3.24. The number of rotatable bonds is 7. The van der Waals surface area contributed by atoms with Crippen LogP contribution < -0.4 is 5.56 Å². The number of carbonyl (C=O) groups is 1. The van der Waals surface area contributed by atoms with E-state index in [1.165, 1.54) is 10.6 Å². The Bertz CT molecular complexity index is 1450. The average molecular weight is 484 g/mol. The fourth-order valence-electron chi connectivity index (χ4n) is 4.36. The van der Waals surface area contributed by atoms with Gasteiger partial charge in [-0.3, -0.25) is 9.59 Å². The quantitative estimate of drug-likeness (QED) is 0.294. The molecule has 2 heterocycles. The second-order valence-corrected chi connectivity index (χ2v) is 8.28. The molecule has 35 heavy (non-hydrogen) atoms. The van der Waals surface area contributed by atoms with E-state index in [0.29, 0.717) is 24.2 Å². The fraction of sp³-hybridized carbons (Fsp3) is 0.231. The van der Waals surface area contributed by atoms with E-state index in [-0.39, 0.29) is 17.7 Å². The van der Waals surface area contributed by atoms with Gasteiger partial charge in [-0.1, -0.05) is 18.2 Å². The van der Waals surface area contributed by atoms with Crippen molar-refractivity contribution in [1.29, 1.82) is 0 Å². The van der Waals surface area contributed by atoms with Gasteiger partial charge in [0, 0.05) is 35.3 Å². The Morgan fingerprint density at radius 1 is 1.14 bits per heavy atom. The minimum absolute atomic E-state index is 0.175. The predicted octanol–water partition coefficient (Wildman–Crippen LogP) is 4.70. The number of nitrogens with one attached hydrogen (secondary N) is 1.